The Hall–Kier alpha value is -1.17. The maximum Gasteiger partial charge on any atom is 0.224 e. The van der Waals surface area contributed by atoms with Crippen LogP contribution >= 0.6 is 23.2 Å². The zero-order valence-corrected chi connectivity index (χ0v) is 10.6. The molecular weight excluding hydrogens is 257 g/mol. The van der Waals surface area contributed by atoms with E-state index in [1.807, 2.05) is 0 Å². The predicted molar refractivity (Wildman–Crippen MR) is 68.8 cm³/mol. The van der Waals surface area contributed by atoms with Crippen LogP contribution in [0.15, 0.2) is 18.2 Å². The molecule has 0 bridgehead atoms. The summed E-state index contributed by atoms with van der Waals surface area (Å²) in [6, 6.07) is 5.31. The lowest BCUT2D eigenvalue weighted by atomic mass is 10.1. The monoisotopic (exact) mass is 267 g/mol. The Morgan fingerprint density at radius 2 is 2.06 bits per heavy atom. The third-order valence-corrected chi connectivity index (χ3v) is 3.57. The molecule has 1 atom stereocenters. The van der Waals surface area contributed by atoms with Gasteiger partial charge < -0.3 is 4.90 Å². The van der Waals surface area contributed by atoms with Gasteiger partial charge in [0.05, 0.1) is 0 Å². The molecule has 4 heteroatoms. The molecule has 1 amide bonds. The molecule has 1 heterocycles. The quantitative estimate of drug-likeness (QED) is 0.755. The average molecular weight is 268 g/mol. The van der Waals surface area contributed by atoms with Gasteiger partial charge in [-0.25, -0.2) is 0 Å². The van der Waals surface area contributed by atoms with E-state index in [0.29, 0.717) is 29.6 Å². The maximum atomic E-state index is 11.7. The number of likely N-dealkylation sites (tertiary alicyclic amines) is 1. The van der Waals surface area contributed by atoms with Crippen LogP contribution < -0.4 is 0 Å². The molecule has 1 unspecified atom stereocenters. The van der Waals surface area contributed by atoms with E-state index in [1.165, 1.54) is 0 Å². The maximum absolute atomic E-state index is 11.7. The smallest absolute Gasteiger partial charge is 0.224 e. The molecule has 0 aliphatic carbocycles. The lowest BCUT2D eigenvalue weighted by molar-refractivity contribution is -0.128. The molecule has 1 fully saturated rings. The molecule has 1 aliphatic rings. The summed E-state index contributed by atoms with van der Waals surface area (Å²) in [6.07, 6.45) is 5.75. The molecule has 1 saturated heterocycles. The number of nitrogens with zero attached hydrogens (tertiary/aromatic N) is 1. The summed E-state index contributed by atoms with van der Waals surface area (Å²) in [6.45, 7) is 1.01. The summed E-state index contributed by atoms with van der Waals surface area (Å²) >= 11 is 12.1. The zero-order valence-electron chi connectivity index (χ0n) is 9.12. The number of terminal acetylenes is 1. The first-order valence-corrected chi connectivity index (χ1v) is 6.04. The molecule has 0 radical (unpaired) electrons. The number of rotatable bonds is 2. The van der Waals surface area contributed by atoms with E-state index in [1.54, 1.807) is 23.1 Å². The predicted octanol–water partition coefficient (Wildman–Crippen LogP) is 2.98. The fourth-order valence-electron chi connectivity index (χ4n) is 1.91. The van der Waals surface area contributed by atoms with Gasteiger partial charge in [0.2, 0.25) is 5.91 Å². The van der Waals surface area contributed by atoms with Crippen LogP contribution in [0.3, 0.4) is 0 Å². The van der Waals surface area contributed by atoms with E-state index in [2.05, 4.69) is 5.92 Å². The molecule has 0 N–H and O–H groups in total. The topological polar surface area (TPSA) is 20.3 Å². The van der Waals surface area contributed by atoms with Crippen molar-refractivity contribution < 1.29 is 4.79 Å². The van der Waals surface area contributed by atoms with Crippen LogP contribution in [-0.4, -0.2) is 17.4 Å². The second-order valence-corrected chi connectivity index (χ2v) is 4.86. The number of halogens is 2. The Bertz CT molecular complexity index is 472. The molecule has 1 aromatic carbocycles. The first-order valence-electron chi connectivity index (χ1n) is 5.28. The summed E-state index contributed by atoms with van der Waals surface area (Å²) in [5, 5.41) is 1.16. The van der Waals surface area contributed by atoms with Crippen molar-refractivity contribution in [3.8, 4) is 12.3 Å². The molecule has 2 nitrogen and oxygen atoms in total. The molecule has 2 rings (SSSR count). The highest BCUT2D eigenvalue weighted by Gasteiger charge is 2.28. The largest absolute Gasteiger partial charge is 0.337 e. The van der Waals surface area contributed by atoms with Gasteiger partial charge in [-0.2, -0.15) is 0 Å². The van der Waals surface area contributed by atoms with Gasteiger partial charge in [-0.1, -0.05) is 29.3 Å². The van der Waals surface area contributed by atoms with Gasteiger partial charge in [0.1, 0.15) is 0 Å². The molecular formula is C13H11Cl2NO. The Morgan fingerprint density at radius 1 is 1.41 bits per heavy atom. The molecule has 0 aromatic heterocycles. The van der Waals surface area contributed by atoms with E-state index < -0.39 is 0 Å². The van der Waals surface area contributed by atoms with E-state index in [9.17, 15) is 4.79 Å². The van der Waals surface area contributed by atoms with Gasteiger partial charge >= 0.3 is 0 Å². The number of amides is 1. The standard InChI is InChI=1S/C13H11Cl2NO/c1-2-9-6-13(17)16(7-9)8-10-11(14)4-3-5-12(10)15/h1,3-5,9H,6-8H2. The van der Waals surface area contributed by atoms with Crippen LogP contribution in [0.5, 0.6) is 0 Å². The normalized spacial score (nSPS) is 19.5. The van der Waals surface area contributed by atoms with Gasteiger partial charge in [0, 0.05) is 41.0 Å². The van der Waals surface area contributed by atoms with Gasteiger partial charge in [0.25, 0.3) is 0 Å². The lowest BCUT2D eigenvalue weighted by Crippen LogP contribution is -2.24. The minimum atomic E-state index is 0.00348. The van der Waals surface area contributed by atoms with Crippen molar-refractivity contribution in [2.45, 2.75) is 13.0 Å². The second kappa shape index (κ2) is 5.00. The van der Waals surface area contributed by atoms with Gasteiger partial charge in [-0.3, -0.25) is 4.79 Å². The van der Waals surface area contributed by atoms with Crippen LogP contribution in [0.1, 0.15) is 12.0 Å². The van der Waals surface area contributed by atoms with Gasteiger partial charge in [-0.15, -0.1) is 12.3 Å². The first kappa shape index (κ1) is 12.3. The molecule has 1 aliphatic heterocycles. The highest BCUT2D eigenvalue weighted by Crippen LogP contribution is 2.28. The molecule has 1 aromatic rings. The fraction of sp³-hybridized carbons (Fsp3) is 0.308. The molecule has 17 heavy (non-hydrogen) atoms. The van der Waals surface area contributed by atoms with Crippen molar-refractivity contribution in [3.05, 3.63) is 33.8 Å². The number of carbonyl (C=O) groups is 1. The summed E-state index contributed by atoms with van der Waals surface area (Å²) in [5.74, 6) is 2.67. The Morgan fingerprint density at radius 3 is 2.59 bits per heavy atom. The fourth-order valence-corrected chi connectivity index (χ4v) is 2.43. The zero-order chi connectivity index (χ0) is 12.4. The Kier molecular flexibility index (Phi) is 3.61. The third kappa shape index (κ3) is 2.57. The molecule has 88 valence electrons. The van der Waals surface area contributed by atoms with Crippen molar-refractivity contribution in [2.75, 3.05) is 6.54 Å². The van der Waals surface area contributed by atoms with E-state index >= 15 is 0 Å². The second-order valence-electron chi connectivity index (χ2n) is 4.04. The van der Waals surface area contributed by atoms with Crippen LogP contribution in [0, 0.1) is 18.3 Å². The highest BCUT2D eigenvalue weighted by molar-refractivity contribution is 6.36. The Balaban J connectivity index is 2.17. The van der Waals surface area contributed by atoms with Crippen LogP contribution in [0.4, 0.5) is 0 Å². The number of hydrogen-bond acceptors (Lipinski definition) is 1. The summed E-state index contributed by atoms with van der Waals surface area (Å²) in [4.78, 5) is 13.4. The van der Waals surface area contributed by atoms with E-state index in [4.69, 9.17) is 29.6 Å². The van der Waals surface area contributed by atoms with E-state index in [-0.39, 0.29) is 11.8 Å². The summed E-state index contributed by atoms with van der Waals surface area (Å²) in [7, 11) is 0. The van der Waals surface area contributed by atoms with Crippen LogP contribution in [0.25, 0.3) is 0 Å². The van der Waals surface area contributed by atoms with Crippen molar-refractivity contribution in [1.82, 2.24) is 4.90 Å². The van der Waals surface area contributed by atoms with Gasteiger partial charge in [-0.05, 0) is 12.1 Å². The number of hydrogen-bond donors (Lipinski definition) is 0. The molecule has 0 saturated carbocycles. The van der Waals surface area contributed by atoms with Crippen molar-refractivity contribution >= 4 is 29.1 Å². The summed E-state index contributed by atoms with van der Waals surface area (Å²) in [5.41, 5.74) is 0.779. The number of benzene rings is 1. The van der Waals surface area contributed by atoms with Crippen molar-refractivity contribution in [3.63, 3.8) is 0 Å². The SMILES string of the molecule is C#CC1CC(=O)N(Cc2c(Cl)cccc2Cl)C1. The molecule has 0 spiro atoms. The first-order chi connectivity index (χ1) is 8.11. The van der Waals surface area contributed by atoms with E-state index in [0.717, 1.165) is 5.56 Å². The summed E-state index contributed by atoms with van der Waals surface area (Å²) < 4.78 is 0. The minimum absolute atomic E-state index is 0.00348. The highest BCUT2D eigenvalue weighted by atomic mass is 35.5. The van der Waals surface area contributed by atoms with Crippen LogP contribution in [-0.2, 0) is 11.3 Å². The van der Waals surface area contributed by atoms with Crippen LogP contribution in [0.2, 0.25) is 10.0 Å². The third-order valence-electron chi connectivity index (χ3n) is 2.86. The lowest BCUT2D eigenvalue weighted by Gasteiger charge is -2.17. The van der Waals surface area contributed by atoms with Crippen molar-refractivity contribution in [2.24, 2.45) is 5.92 Å². The number of carbonyl (C=O) groups excluding carboxylic acids is 1. The van der Waals surface area contributed by atoms with Gasteiger partial charge in [0.15, 0.2) is 0 Å². The minimum Gasteiger partial charge on any atom is -0.337 e. The van der Waals surface area contributed by atoms with Crippen molar-refractivity contribution in [1.29, 1.82) is 0 Å². The average Bonchev–Trinajstić information content (AvgIpc) is 2.65. The Labute approximate surface area is 111 Å².